The van der Waals surface area contributed by atoms with Crippen molar-refractivity contribution in [2.24, 2.45) is 0 Å². The van der Waals surface area contributed by atoms with E-state index in [-0.39, 0.29) is 12.0 Å². The van der Waals surface area contributed by atoms with Crippen LogP contribution in [0.15, 0.2) is 18.2 Å². The van der Waals surface area contributed by atoms with Crippen LogP contribution in [-0.2, 0) is 4.79 Å². The summed E-state index contributed by atoms with van der Waals surface area (Å²) in [5.74, 6) is -2.13. The summed E-state index contributed by atoms with van der Waals surface area (Å²) in [6.45, 7) is 1.56. The standard InChI is InChI=1S/C10H10F2O2/c1-2-9(13)10(14)7-4-3-6(11)5-8(7)12/h3-5,10,14H,2H2,1H3. The van der Waals surface area contributed by atoms with E-state index in [0.29, 0.717) is 6.07 Å². The van der Waals surface area contributed by atoms with Crippen LogP contribution >= 0.6 is 0 Å². The smallest absolute Gasteiger partial charge is 0.165 e. The quantitative estimate of drug-likeness (QED) is 0.809. The van der Waals surface area contributed by atoms with E-state index in [1.54, 1.807) is 6.92 Å². The molecule has 1 atom stereocenters. The Kier molecular flexibility index (Phi) is 3.30. The third-order valence-electron chi connectivity index (χ3n) is 1.91. The number of halogens is 2. The minimum atomic E-state index is -1.50. The number of carbonyl (C=O) groups is 1. The highest BCUT2D eigenvalue weighted by Gasteiger charge is 2.19. The molecule has 0 bridgehead atoms. The van der Waals surface area contributed by atoms with Crippen LogP contribution in [0.1, 0.15) is 25.0 Å². The zero-order valence-corrected chi connectivity index (χ0v) is 7.63. The van der Waals surface area contributed by atoms with E-state index in [9.17, 15) is 18.7 Å². The Bertz CT molecular complexity index is 350. The van der Waals surface area contributed by atoms with Crippen LogP contribution in [0.2, 0.25) is 0 Å². The van der Waals surface area contributed by atoms with Crippen molar-refractivity contribution in [3.05, 3.63) is 35.4 Å². The van der Waals surface area contributed by atoms with E-state index in [1.807, 2.05) is 0 Å². The lowest BCUT2D eigenvalue weighted by molar-refractivity contribution is -0.127. The van der Waals surface area contributed by atoms with Crippen molar-refractivity contribution >= 4 is 5.78 Å². The van der Waals surface area contributed by atoms with Crippen LogP contribution in [0.3, 0.4) is 0 Å². The highest BCUT2D eigenvalue weighted by Crippen LogP contribution is 2.19. The lowest BCUT2D eigenvalue weighted by Crippen LogP contribution is -2.12. The third-order valence-corrected chi connectivity index (χ3v) is 1.91. The van der Waals surface area contributed by atoms with Gasteiger partial charge in [0, 0.05) is 18.1 Å². The molecule has 0 saturated carbocycles. The van der Waals surface area contributed by atoms with Gasteiger partial charge in [-0.05, 0) is 6.07 Å². The Morgan fingerprint density at radius 3 is 2.64 bits per heavy atom. The summed E-state index contributed by atoms with van der Waals surface area (Å²) in [6, 6.07) is 2.72. The zero-order chi connectivity index (χ0) is 10.7. The van der Waals surface area contributed by atoms with Crippen LogP contribution < -0.4 is 0 Å². The largest absolute Gasteiger partial charge is 0.380 e. The highest BCUT2D eigenvalue weighted by atomic mass is 19.1. The molecule has 76 valence electrons. The molecule has 0 spiro atoms. The van der Waals surface area contributed by atoms with Gasteiger partial charge in [-0.1, -0.05) is 13.0 Å². The first-order valence-electron chi connectivity index (χ1n) is 4.22. The van der Waals surface area contributed by atoms with Gasteiger partial charge in [-0.2, -0.15) is 0 Å². The van der Waals surface area contributed by atoms with E-state index < -0.39 is 23.5 Å². The molecule has 0 radical (unpaired) electrons. The first-order valence-corrected chi connectivity index (χ1v) is 4.22. The minimum Gasteiger partial charge on any atom is -0.380 e. The van der Waals surface area contributed by atoms with Gasteiger partial charge in [0.25, 0.3) is 0 Å². The van der Waals surface area contributed by atoms with Gasteiger partial charge in [-0.15, -0.1) is 0 Å². The summed E-state index contributed by atoms with van der Waals surface area (Å²) in [5.41, 5.74) is -0.182. The van der Waals surface area contributed by atoms with Crippen molar-refractivity contribution in [2.75, 3.05) is 0 Å². The molecule has 0 aliphatic heterocycles. The Labute approximate surface area is 80.2 Å². The number of hydrogen-bond acceptors (Lipinski definition) is 2. The monoisotopic (exact) mass is 200 g/mol. The molecular weight excluding hydrogens is 190 g/mol. The summed E-state index contributed by atoms with van der Waals surface area (Å²) >= 11 is 0. The SMILES string of the molecule is CCC(=O)C(O)c1ccc(F)cc1F. The van der Waals surface area contributed by atoms with Crippen molar-refractivity contribution in [1.82, 2.24) is 0 Å². The van der Waals surface area contributed by atoms with Gasteiger partial charge in [-0.25, -0.2) is 8.78 Å². The van der Waals surface area contributed by atoms with Crippen LogP contribution in [0, 0.1) is 11.6 Å². The molecule has 1 aromatic rings. The first kappa shape index (κ1) is 10.8. The van der Waals surface area contributed by atoms with Crippen LogP contribution in [0.4, 0.5) is 8.78 Å². The van der Waals surface area contributed by atoms with E-state index in [2.05, 4.69) is 0 Å². The number of benzene rings is 1. The van der Waals surface area contributed by atoms with E-state index in [4.69, 9.17) is 0 Å². The van der Waals surface area contributed by atoms with Crippen molar-refractivity contribution in [3.63, 3.8) is 0 Å². The van der Waals surface area contributed by atoms with Crippen molar-refractivity contribution < 1.29 is 18.7 Å². The molecule has 0 heterocycles. The molecule has 0 amide bonds. The van der Waals surface area contributed by atoms with Gasteiger partial charge >= 0.3 is 0 Å². The molecule has 0 saturated heterocycles. The zero-order valence-electron chi connectivity index (χ0n) is 7.63. The lowest BCUT2D eigenvalue weighted by atomic mass is 10.0. The summed E-state index contributed by atoms with van der Waals surface area (Å²) < 4.78 is 25.5. The molecule has 2 nitrogen and oxygen atoms in total. The fraction of sp³-hybridized carbons (Fsp3) is 0.300. The Balaban J connectivity index is 3.01. The number of aliphatic hydroxyl groups excluding tert-OH is 1. The molecule has 0 fully saturated rings. The number of hydrogen-bond donors (Lipinski definition) is 1. The number of aliphatic hydroxyl groups is 1. The molecule has 0 aromatic heterocycles. The fourth-order valence-corrected chi connectivity index (χ4v) is 1.09. The van der Waals surface area contributed by atoms with Crippen molar-refractivity contribution in [2.45, 2.75) is 19.4 Å². The van der Waals surface area contributed by atoms with Crippen molar-refractivity contribution in [1.29, 1.82) is 0 Å². The molecule has 0 aliphatic rings. The van der Waals surface area contributed by atoms with E-state index in [1.165, 1.54) is 0 Å². The number of Topliss-reactive ketones (excluding diaryl/α,β-unsaturated/α-hetero) is 1. The van der Waals surface area contributed by atoms with Gasteiger partial charge in [0.2, 0.25) is 0 Å². The molecule has 1 aromatic carbocycles. The van der Waals surface area contributed by atoms with Gasteiger partial charge in [0.1, 0.15) is 17.7 Å². The van der Waals surface area contributed by atoms with E-state index >= 15 is 0 Å². The molecular formula is C10H10F2O2. The number of ketones is 1. The first-order chi connectivity index (χ1) is 6.56. The lowest BCUT2D eigenvalue weighted by Gasteiger charge is -2.09. The highest BCUT2D eigenvalue weighted by molar-refractivity contribution is 5.83. The van der Waals surface area contributed by atoms with Gasteiger partial charge in [0.05, 0.1) is 0 Å². The normalized spacial score (nSPS) is 12.6. The van der Waals surface area contributed by atoms with Crippen LogP contribution in [0.5, 0.6) is 0 Å². The molecule has 1 N–H and O–H groups in total. The number of rotatable bonds is 3. The Hall–Kier alpha value is -1.29. The summed E-state index contributed by atoms with van der Waals surface area (Å²) in [6.07, 6.45) is -1.39. The maximum Gasteiger partial charge on any atom is 0.165 e. The fourth-order valence-electron chi connectivity index (χ4n) is 1.09. The Morgan fingerprint density at radius 2 is 2.14 bits per heavy atom. The maximum absolute atomic E-state index is 13.0. The topological polar surface area (TPSA) is 37.3 Å². The average Bonchev–Trinajstić information content (AvgIpc) is 2.15. The molecule has 1 rings (SSSR count). The third kappa shape index (κ3) is 2.14. The second kappa shape index (κ2) is 4.28. The van der Waals surface area contributed by atoms with E-state index in [0.717, 1.165) is 12.1 Å². The van der Waals surface area contributed by atoms with Crippen molar-refractivity contribution in [3.8, 4) is 0 Å². The van der Waals surface area contributed by atoms with Gasteiger partial charge < -0.3 is 5.11 Å². The minimum absolute atomic E-state index is 0.109. The molecule has 14 heavy (non-hydrogen) atoms. The Morgan fingerprint density at radius 1 is 1.50 bits per heavy atom. The molecule has 4 heteroatoms. The van der Waals surface area contributed by atoms with Gasteiger partial charge in [0.15, 0.2) is 5.78 Å². The average molecular weight is 200 g/mol. The number of carbonyl (C=O) groups excluding carboxylic acids is 1. The second-order valence-electron chi connectivity index (χ2n) is 2.89. The van der Waals surface area contributed by atoms with Crippen LogP contribution in [-0.4, -0.2) is 10.9 Å². The second-order valence-corrected chi connectivity index (χ2v) is 2.89. The predicted octanol–water partition coefficient (Wildman–Crippen LogP) is 1.98. The summed E-state index contributed by atoms with van der Waals surface area (Å²) in [4.78, 5) is 11.0. The van der Waals surface area contributed by atoms with Gasteiger partial charge in [-0.3, -0.25) is 4.79 Å². The molecule has 0 aliphatic carbocycles. The molecule has 1 unspecified atom stereocenters. The summed E-state index contributed by atoms with van der Waals surface area (Å²) in [7, 11) is 0. The maximum atomic E-state index is 13.0. The summed E-state index contributed by atoms with van der Waals surface area (Å²) in [5, 5.41) is 9.35. The predicted molar refractivity (Wildman–Crippen MR) is 46.6 cm³/mol. The van der Waals surface area contributed by atoms with Crippen LogP contribution in [0.25, 0.3) is 0 Å².